The molecule has 1 aromatic heterocycles. The van der Waals surface area contributed by atoms with Crippen LogP contribution in [0.25, 0.3) is 0 Å². The molecule has 1 fully saturated rings. The number of nitrogen functional groups attached to an aromatic ring is 2. The minimum atomic E-state index is -0.645. The lowest BCUT2D eigenvalue weighted by Crippen LogP contribution is -2.47. The lowest BCUT2D eigenvalue weighted by molar-refractivity contribution is -0.242. The number of halogens is 1. The highest BCUT2D eigenvalue weighted by Gasteiger charge is 2.27. The maximum atomic E-state index is 12.2. The molecule has 1 aliphatic heterocycles. The van der Waals surface area contributed by atoms with Crippen LogP contribution in [0, 0.1) is 0 Å². The molecule has 13 heteroatoms. The molecule has 1 saturated heterocycles. The first-order chi connectivity index (χ1) is 16.3. The van der Waals surface area contributed by atoms with Gasteiger partial charge in [0.25, 0.3) is 5.91 Å². The van der Waals surface area contributed by atoms with Gasteiger partial charge in [-0.3, -0.25) is 15.1 Å². The Morgan fingerprint density at radius 1 is 1.15 bits per heavy atom. The summed E-state index contributed by atoms with van der Waals surface area (Å²) in [5, 5.41) is 15.5. The number of aliphatic imine (C=N–C) groups is 1. The first kappa shape index (κ1) is 28.0. The third-order valence-electron chi connectivity index (χ3n) is 5.30. The number of guanidine groups is 1. The summed E-state index contributed by atoms with van der Waals surface area (Å²) in [5.41, 5.74) is 16.7. The Morgan fingerprint density at radius 3 is 2.56 bits per heavy atom. The monoisotopic (exact) mass is 500 g/mol. The first-order valence-corrected chi connectivity index (χ1v) is 12.0. The molecule has 12 nitrogen and oxygen atoms in total. The summed E-state index contributed by atoms with van der Waals surface area (Å²) in [6.45, 7) is 4.21. The Bertz CT molecular complexity index is 813. The Labute approximate surface area is 205 Å². The Kier molecular flexibility index (Phi) is 12.3. The largest absolute Gasteiger partial charge is 0.388 e. The highest BCUT2D eigenvalue weighted by atomic mass is 35.5. The van der Waals surface area contributed by atoms with Gasteiger partial charge in [-0.1, -0.05) is 43.7 Å². The zero-order valence-electron chi connectivity index (χ0n) is 19.6. The molecule has 3 atom stereocenters. The fourth-order valence-electron chi connectivity index (χ4n) is 3.41. The number of hydrogen-bond donors (Lipinski definition) is 6. The summed E-state index contributed by atoms with van der Waals surface area (Å²) >= 11 is 5.78. The molecule has 1 amide bonds. The number of aromatic nitrogens is 2. The van der Waals surface area contributed by atoms with Gasteiger partial charge >= 0.3 is 0 Å². The summed E-state index contributed by atoms with van der Waals surface area (Å²) < 4.78 is 10.8. The van der Waals surface area contributed by atoms with Gasteiger partial charge < -0.3 is 37.1 Å². The molecule has 0 aliphatic carbocycles. The fourth-order valence-corrected chi connectivity index (χ4v) is 3.54. The number of rotatable bonds is 13. The summed E-state index contributed by atoms with van der Waals surface area (Å²) in [7, 11) is 0. The number of anilines is 2. The molecule has 1 aromatic rings. The first-order valence-electron chi connectivity index (χ1n) is 11.6. The van der Waals surface area contributed by atoms with Crippen LogP contribution in [0.1, 0.15) is 62.4 Å². The molecule has 2 heterocycles. The minimum Gasteiger partial charge on any atom is -0.388 e. The van der Waals surface area contributed by atoms with Gasteiger partial charge in [0.1, 0.15) is 12.2 Å². The van der Waals surface area contributed by atoms with Crippen molar-refractivity contribution in [1.29, 1.82) is 0 Å². The number of unbranched alkanes of at least 4 members (excludes halogenated alkanes) is 6. The molecule has 0 bridgehead atoms. The van der Waals surface area contributed by atoms with Crippen molar-refractivity contribution in [3.05, 3.63) is 10.8 Å². The van der Waals surface area contributed by atoms with Crippen LogP contribution in [0.5, 0.6) is 0 Å². The Balaban J connectivity index is 1.47. The summed E-state index contributed by atoms with van der Waals surface area (Å²) in [6.07, 6.45) is 6.54. The van der Waals surface area contributed by atoms with E-state index in [0.29, 0.717) is 19.7 Å². The number of ether oxygens (including phenoxy) is 2. The SMILES string of the molecule is C[C@@H]1OC[C@@H](O)[C@H](CNCCCCCCCCCN=C(N)NC(=O)c2nc(Cl)c(N)nc2N)O1. The number of nitrogens with zero attached hydrogens (tertiary/aromatic N) is 3. The van der Waals surface area contributed by atoms with Crippen LogP contribution in [-0.2, 0) is 9.47 Å². The van der Waals surface area contributed by atoms with Gasteiger partial charge in [-0.05, 0) is 26.3 Å². The zero-order chi connectivity index (χ0) is 24.9. The minimum absolute atomic E-state index is 0.0141. The molecular formula is C21H37ClN8O4. The van der Waals surface area contributed by atoms with Gasteiger partial charge in [-0.2, -0.15) is 0 Å². The zero-order valence-corrected chi connectivity index (χ0v) is 20.4. The third-order valence-corrected chi connectivity index (χ3v) is 5.58. The quantitative estimate of drug-likeness (QED) is 0.128. The number of nitrogens with one attached hydrogen (secondary N) is 2. The van der Waals surface area contributed by atoms with Crippen molar-refractivity contribution in [1.82, 2.24) is 20.6 Å². The Morgan fingerprint density at radius 2 is 1.82 bits per heavy atom. The van der Waals surface area contributed by atoms with Crippen molar-refractivity contribution in [3.63, 3.8) is 0 Å². The summed E-state index contributed by atoms with van der Waals surface area (Å²) in [4.78, 5) is 23.9. The van der Waals surface area contributed by atoms with Crippen molar-refractivity contribution >= 4 is 35.1 Å². The molecule has 0 radical (unpaired) electrons. The van der Waals surface area contributed by atoms with Gasteiger partial charge in [0.2, 0.25) is 0 Å². The number of carbonyl (C=O) groups excluding carboxylic acids is 1. The normalized spacial score (nSPS) is 20.9. The highest BCUT2D eigenvalue weighted by Crippen LogP contribution is 2.17. The third kappa shape index (κ3) is 9.94. The van der Waals surface area contributed by atoms with Gasteiger partial charge in [0, 0.05) is 13.1 Å². The predicted molar refractivity (Wildman–Crippen MR) is 131 cm³/mol. The van der Waals surface area contributed by atoms with Crippen molar-refractivity contribution in [2.75, 3.05) is 37.7 Å². The number of aliphatic hydroxyl groups is 1. The van der Waals surface area contributed by atoms with E-state index >= 15 is 0 Å². The molecular weight excluding hydrogens is 464 g/mol. The maximum Gasteiger partial charge on any atom is 0.280 e. The lowest BCUT2D eigenvalue weighted by atomic mass is 10.1. The lowest BCUT2D eigenvalue weighted by Gasteiger charge is -2.32. The van der Waals surface area contributed by atoms with E-state index in [0.717, 1.165) is 45.1 Å². The number of hydrogen-bond acceptors (Lipinski definition) is 10. The second-order valence-electron chi connectivity index (χ2n) is 8.18. The predicted octanol–water partition coefficient (Wildman–Crippen LogP) is 0.782. The van der Waals surface area contributed by atoms with Crippen LogP contribution in [0.3, 0.4) is 0 Å². The van der Waals surface area contributed by atoms with Crippen LogP contribution in [0.15, 0.2) is 4.99 Å². The topological polar surface area (TPSA) is 196 Å². The number of aliphatic hydroxyl groups excluding tert-OH is 1. The van der Waals surface area contributed by atoms with Crippen LogP contribution < -0.4 is 27.8 Å². The van der Waals surface area contributed by atoms with E-state index in [9.17, 15) is 9.90 Å². The number of carbonyl (C=O) groups is 1. The molecule has 0 saturated carbocycles. The van der Waals surface area contributed by atoms with E-state index in [4.69, 9.17) is 38.3 Å². The summed E-state index contributed by atoms with van der Waals surface area (Å²) in [5.74, 6) is -0.844. The van der Waals surface area contributed by atoms with Crippen molar-refractivity contribution in [3.8, 4) is 0 Å². The molecule has 192 valence electrons. The maximum absolute atomic E-state index is 12.2. The van der Waals surface area contributed by atoms with Crippen LogP contribution >= 0.6 is 11.6 Å². The molecule has 34 heavy (non-hydrogen) atoms. The molecule has 9 N–H and O–H groups in total. The number of amides is 1. The van der Waals surface area contributed by atoms with E-state index in [2.05, 4.69) is 25.6 Å². The van der Waals surface area contributed by atoms with Gasteiger partial charge in [0.15, 0.2) is 34.7 Å². The van der Waals surface area contributed by atoms with E-state index in [-0.39, 0.29) is 40.8 Å². The summed E-state index contributed by atoms with van der Waals surface area (Å²) in [6, 6.07) is 0. The van der Waals surface area contributed by atoms with Crippen molar-refractivity contribution in [2.45, 2.75) is 70.4 Å². The second kappa shape index (κ2) is 14.9. The smallest absolute Gasteiger partial charge is 0.280 e. The average Bonchev–Trinajstić information content (AvgIpc) is 2.79. The average molecular weight is 501 g/mol. The molecule has 0 unspecified atom stereocenters. The van der Waals surface area contributed by atoms with E-state index in [1.54, 1.807) is 0 Å². The van der Waals surface area contributed by atoms with E-state index < -0.39 is 12.0 Å². The molecule has 2 rings (SSSR count). The number of nitrogens with two attached hydrogens (primary N) is 3. The Hall–Kier alpha value is -2.25. The molecule has 1 aliphatic rings. The second-order valence-corrected chi connectivity index (χ2v) is 8.53. The van der Waals surface area contributed by atoms with Crippen LogP contribution in [0.4, 0.5) is 11.6 Å². The molecule has 0 spiro atoms. The van der Waals surface area contributed by atoms with Crippen molar-refractivity contribution in [2.24, 2.45) is 10.7 Å². The van der Waals surface area contributed by atoms with Crippen LogP contribution in [-0.4, -0.2) is 71.7 Å². The van der Waals surface area contributed by atoms with Crippen LogP contribution in [0.2, 0.25) is 5.15 Å². The van der Waals surface area contributed by atoms with E-state index in [1.807, 2.05) is 6.92 Å². The van der Waals surface area contributed by atoms with Gasteiger partial charge in [-0.25, -0.2) is 9.97 Å². The van der Waals surface area contributed by atoms with E-state index in [1.165, 1.54) is 6.42 Å². The standard InChI is InChI=1S/C21H37ClN8O4/c1-13-33-12-14(31)15(34-13)11-26-9-7-5-3-2-4-6-8-10-27-21(25)30-20(32)16-18(23)29-19(24)17(22)28-16/h13-15,26,31H,2-12H2,1H3,(H4,23,24,29)(H3,25,27,30,32)/t13-,14-,15+/m1/s1. The fraction of sp³-hybridized carbons (Fsp3) is 0.714. The van der Waals surface area contributed by atoms with Gasteiger partial charge in [-0.15, -0.1) is 0 Å². The highest BCUT2D eigenvalue weighted by molar-refractivity contribution is 6.31. The van der Waals surface area contributed by atoms with Crippen molar-refractivity contribution < 1.29 is 19.4 Å². The molecule has 0 aromatic carbocycles. The van der Waals surface area contributed by atoms with Gasteiger partial charge in [0.05, 0.1) is 6.61 Å².